The molecule has 0 N–H and O–H groups in total. The van der Waals surface area contributed by atoms with Crippen LogP contribution in [0.2, 0.25) is 0 Å². The molecule has 0 bridgehead atoms. The lowest BCUT2D eigenvalue weighted by Gasteiger charge is -2.52. The monoisotopic (exact) mass is 457 g/mol. The Bertz CT molecular complexity index is 349. The Morgan fingerprint density at radius 2 is 0.750 bits per heavy atom. The van der Waals surface area contributed by atoms with Crippen molar-refractivity contribution in [3.05, 3.63) is 5.92 Å². The van der Waals surface area contributed by atoms with Crippen LogP contribution in [0.4, 0.5) is 0 Å². The Hall–Kier alpha value is -0.0800. The van der Waals surface area contributed by atoms with Crippen LogP contribution in [-0.4, -0.2) is 52.7 Å². The van der Waals surface area contributed by atoms with E-state index < -0.39 is 0 Å². The van der Waals surface area contributed by atoms with Gasteiger partial charge in [0.05, 0.1) is 25.2 Å². The molecule has 32 heavy (non-hydrogen) atoms. The van der Waals surface area contributed by atoms with Gasteiger partial charge in [-0.2, -0.15) is 19.3 Å². The molecule has 0 aliphatic rings. The average molecular weight is 457 g/mol. The summed E-state index contributed by atoms with van der Waals surface area (Å²) in [5.41, 5.74) is 0.417. The Kier molecular flexibility index (Phi) is 18.0. The molecule has 0 unspecified atom stereocenters. The third-order valence-electron chi connectivity index (χ3n) is 8.60. The van der Waals surface area contributed by atoms with E-state index in [1.54, 1.807) is 5.92 Å². The van der Waals surface area contributed by atoms with E-state index >= 15 is 0 Å². The summed E-state index contributed by atoms with van der Waals surface area (Å²) in [5.74, 6) is 3.04. The lowest BCUT2D eigenvalue weighted by atomic mass is 9.64. The molecule has 0 aromatic heterocycles. The van der Waals surface area contributed by atoms with Gasteiger partial charge in [-0.25, -0.2) is 0 Å². The highest BCUT2D eigenvalue weighted by atomic mass is 15.4. The molecule has 2 heteroatoms. The molecule has 0 heterocycles. The summed E-state index contributed by atoms with van der Waals surface area (Å²) in [4.78, 5) is 2.50. The predicted octanol–water partition coefficient (Wildman–Crippen LogP) is 9.09. The van der Waals surface area contributed by atoms with Crippen LogP contribution in [0.25, 0.3) is 0 Å². The van der Waals surface area contributed by atoms with Crippen molar-refractivity contribution >= 4 is 0 Å². The lowest BCUT2D eigenvalue weighted by molar-refractivity contribution is -0.968. The molecule has 2 nitrogen and oxygen atoms in total. The van der Waals surface area contributed by atoms with Gasteiger partial charge in [0, 0.05) is 18.1 Å². The SMILES string of the molecule is CC(C)N(C(C)C)C(C)C.CC(C)[N+](C)(C(C)C)C(C)C.C[C-](C)C(C)(C(C)C)C(C)C. The van der Waals surface area contributed by atoms with Gasteiger partial charge in [-0.15, -0.1) is 0 Å². The normalized spacial score (nSPS) is 13.3. The van der Waals surface area contributed by atoms with Crippen LogP contribution in [0, 0.1) is 23.2 Å². The number of quaternary nitrogens is 1. The van der Waals surface area contributed by atoms with Crippen LogP contribution < -0.4 is 0 Å². The van der Waals surface area contributed by atoms with E-state index in [0.717, 1.165) is 30.0 Å². The molecule has 0 aromatic rings. The molecule has 0 rings (SSSR count). The summed E-state index contributed by atoms with van der Waals surface area (Å²) in [5, 5.41) is 0. The third-order valence-corrected chi connectivity index (χ3v) is 8.60. The number of hydrogen-bond donors (Lipinski definition) is 0. The fourth-order valence-electron chi connectivity index (χ4n) is 5.40. The quantitative estimate of drug-likeness (QED) is 0.247. The summed E-state index contributed by atoms with van der Waals surface area (Å²) in [7, 11) is 2.35. The zero-order valence-electron chi connectivity index (χ0n) is 26.5. The second kappa shape index (κ2) is 15.8. The van der Waals surface area contributed by atoms with Crippen LogP contribution in [0.15, 0.2) is 0 Å². The van der Waals surface area contributed by atoms with Crippen LogP contribution in [-0.2, 0) is 0 Å². The van der Waals surface area contributed by atoms with Crippen molar-refractivity contribution in [3.63, 3.8) is 0 Å². The van der Waals surface area contributed by atoms with E-state index in [1.807, 2.05) is 0 Å². The fraction of sp³-hybridized carbons (Fsp3) is 0.967. The highest BCUT2D eigenvalue weighted by Gasteiger charge is 2.32. The standard InChI is InChI=1S/C11H23.C10H24N.C9H21N/c2*1-8(2)11(7,9(3)4)10(5)6;1-7(2)10(8(3)4)9(5)6/h8-9H,1-7H3;8-10H,1-7H3;7-9H,1-6H3/q-1;+1;. The first-order valence-corrected chi connectivity index (χ1v) is 13.6. The van der Waals surface area contributed by atoms with E-state index in [0.29, 0.717) is 23.5 Å². The maximum absolute atomic E-state index is 2.50. The van der Waals surface area contributed by atoms with Gasteiger partial charge in [0.1, 0.15) is 0 Å². The first kappa shape index (κ1) is 36.5. The second-order valence-electron chi connectivity index (χ2n) is 12.8. The van der Waals surface area contributed by atoms with Crippen molar-refractivity contribution in [2.24, 2.45) is 17.3 Å². The molecule has 0 fully saturated rings. The summed E-state index contributed by atoms with van der Waals surface area (Å²) in [6.45, 7) is 43.5. The van der Waals surface area contributed by atoms with Crippen molar-refractivity contribution < 1.29 is 4.48 Å². The van der Waals surface area contributed by atoms with Gasteiger partial charge < -0.3 is 10.4 Å². The molecule has 0 aromatic carbocycles. The Morgan fingerprint density at radius 3 is 0.750 bits per heavy atom. The molecule has 0 amide bonds. The maximum Gasteiger partial charge on any atom is 0.0835 e. The zero-order chi connectivity index (χ0) is 26.8. The third kappa shape index (κ3) is 10.9. The highest BCUT2D eigenvalue weighted by molar-refractivity contribution is 5.01. The summed E-state index contributed by atoms with van der Waals surface area (Å²) >= 11 is 0. The molecule has 0 spiro atoms. The van der Waals surface area contributed by atoms with E-state index in [4.69, 9.17) is 0 Å². The van der Waals surface area contributed by atoms with E-state index in [9.17, 15) is 0 Å². The van der Waals surface area contributed by atoms with Crippen LogP contribution in [0.1, 0.15) is 132 Å². The van der Waals surface area contributed by atoms with Crippen molar-refractivity contribution in [2.45, 2.75) is 168 Å². The average Bonchev–Trinajstić information content (AvgIpc) is 2.58. The minimum atomic E-state index is 0.417. The fourth-order valence-corrected chi connectivity index (χ4v) is 5.40. The van der Waals surface area contributed by atoms with Gasteiger partial charge in [0.15, 0.2) is 0 Å². The molecule has 0 aliphatic carbocycles. The molecule has 0 saturated heterocycles. The molecule has 0 atom stereocenters. The van der Waals surface area contributed by atoms with Gasteiger partial charge in [0.25, 0.3) is 0 Å². The minimum Gasteiger partial charge on any atom is -0.320 e. The zero-order valence-corrected chi connectivity index (χ0v) is 26.5. The van der Waals surface area contributed by atoms with Gasteiger partial charge in [-0.1, -0.05) is 46.5 Å². The van der Waals surface area contributed by atoms with Crippen LogP contribution in [0.5, 0.6) is 0 Å². The number of rotatable bonds is 9. The smallest absolute Gasteiger partial charge is 0.0835 e. The van der Waals surface area contributed by atoms with Gasteiger partial charge in [-0.05, 0) is 83.1 Å². The first-order valence-electron chi connectivity index (χ1n) is 13.6. The number of nitrogens with zero attached hydrogens (tertiary/aromatic N) is 2. The Labute approximate surface area is 207 Å². The van der Waals surface area contributed by atoms with E-state index in [2.05, 4.69) is 143 Å². The van der Waals surface area contributed by atoms with E-state index in [1.165, 1.54) is 4.48 Å². The Morgan fingerprint density at radius 1 is 0.531 bits per heavy atom. The molecule has 0 saturated carbocycles. The maximum atomic E-state index is 2.50. The summed E-state index contributed by atoms with van der Waals surface area (Å²) in [6.07, 6.45) is 0. The largest absolute Gasteiger partial charge is 0.320 e. The predicted molar refractivity (Wildman–Crippen MR) is 151 cm³/mol. The second-order valence-corrected chi connectivity index (χ2v) is 12.8. The first-order chi connectivity index (χ1) is 14.1. The lowest BCUT2D eigenvalue weighted by Crippen LogP contribution is -2.58. The molecule has 0 radical (unpaired) electrons. The topological polar surface area (TPSA) is 3.24 Å². The van der Waals surface area contributed by atoms with Gasteiger partial charge in [-0.3, -0.25) is 4.90 Å². The van der Waals surface area contributed by atoms with Crippen molar-refractivity contribution in [2.75, 3.05) is 7.05 Å². The van der Waals surface area contributed by atoms with Crippen molar-refractivity contribution in [3.8, 4) is 0 Å². The van der Waals surface area contributed by atoms with Crippen LogP contribution >= 0.6 is 0 Å². The van der Waals surface area contributed by atoms with Crippen molar-refractivity contribution in [1.29, 1.82) is 0 Å². The Balaban J connectivity index is -0.000000395. The molecular weight excluding hydrogens is 388 g/mol. The molecular formula is C30H68N2. The van der Waals surface area contributed by atoms with Crippen LogP contribution in [0.3, 0.4) is 0 Å². The molecule has 0 aliphatic heterocycles. The summed E-state index contributed by atoms with van der Waals surface area (Å²) < 4.78 is 1.17. The van der Waals surface area contributed by atoms with Crippen molar-refractivity contribution in [1.82, 2.24) is 4.90 Å². The number of hydrogen-bond acceptors (Lipinski definition) is 1. The van der Waals surface area contributed by atoms with E-state index in [-0.39, 0.29) is 0 Å². The summed E-state index contributed by atoms with van der Waals surface area (Å²) in [6, 6.07) is 4.15. The highest BCUT2D eigenvalue weighted by Crippen LogP contribution is 2.43. The van der Waals surface area contributed by atoms with Gasteiger partial charge in [0.2, 0.25) is 0 Å². The van der Waals surface area contributed by atoms with Gasteiger partial charge >= 0.3 is 0 Å². The minimum absolute atomic E-state index is 0.417. The molecule has 198 valence electrons.